The number of aromatic nitrogens is 2. The Morgan fingerprint density at radius 1 is 1.02 bits per heavy atom. The summed E-state index contributed by atoms with van der Waals surface area (Å²) in [7, 11) is -0.562. The number of H-pyrrole nitrogens is 1. The van der Waals surface area contributed by atoms with E-state index in [4.69, 9.17) is 23.8 Å². The average molecular weight is 582 g/mol. The molecule has 3 aliphatic rings. The van der Waals surface area contributed by atoms with E-state index in [9.17, 15) is 4.79 Å². The molecule has 3 aliphatic heterocycles. The second-order valence-corrected chi connectivity index (χ2v) is 14.4. The maximum Gasteiger partial charge on any atom is 0.494 e. The number of hydrogen-bond acceptors (Lipinski definition) is 7. The Balaban J connectivity index is 1.34. The van der Waals surface area contributed by atoms with Crippen molar-refractivity contribution in [1.82, 2.24) is 15.3 Å². The number of hydrogen-bond donors (Lipinski definition) is 2. The standard InChI is InChI=1S/C34H40BN3O5/c1-18-13-26(36-17-18)30-37-25-12-9-19-14-23-21-11-10-20(35-42-33(5,6)34(7,8)43-35)15-24(21)29(31(39)41-32(2,3)4)40-27(23)16-22(19)28(25)38-30/h9-12,14-16,18,26,29,36H,13,17H2,1-8H3,(H,37,38)/t18-,26-,29?/m0/s1. The summed E-state index contributed by atoms with van der Waals surface area (Å²) in [5.41, 5.74) is 3.67. The van der Waals surface area contributed by atoms with E-state index in [0.29, 0.717) is 11.7 Å². The van der Waals surface area contributed by atoms with Gasteiger partial charge in [-0.1, -0.05) is 31.2 Å². The number of imidazole rings is 1. The van der Waals surface area contributed by atoms with Crippen LogP contribution in [-0.2, 0) is 18.8 Å². The SMILES string of the molecule is C[C@@H]1CN[C@H](c2nc3ccc4cc5c(cc4c3[nH]2)OC(C(=O)OC(C)(C)C)c2cc(B3OC(C)(C)C(C)(C)O3)ccc2-5)C1. The van der Waals surface area contributed by atoms with Crippen molar-refractivity contribution in [3.05, 3.63) is 53.9 Å². The highest BCUT2D eigenvalue weighted by atomic mass is 16.7. The summed E-state index contributed by atoms with van der Waals surface area (Å²) >= 11 is 0. The minimum atomic E-state index is -0.942. The number of carbonyl (C=O) groups is 1. The maximum atomic E-state index is 13.6. The van der Waals surface area contributed by atoms with Crippen molar-refractivity contribution in [2.75, 3.05) is 6.54 Å². The number of nitrogens with one attached hydrogen (secondary N) is 2. The number of nitrogens with zero attached hydrogens (tertiary/aromatic N) is 1. The zero-order valence-electron chi connectivity index (χ0n) is 26.3. The molecule has 0 amide bonds. The molecule has 8 nitrogen and oxygen atoms in total. The Kier molecular flexibility index (Phi) is 6.30. The second-order valence-electron chi connectivity index (χ2n) is 14.4. The highest BCUT2D eigenvalue weighted by molar-refractivity contribution is 6.62. The van der Waals surface area contributed by atoms with Gasteiger partial charge in [0.05, 0.1) is 28.3 Å². The summed E-state index contributed by atoms with van der Waals surface area (Å²) in [5.74, 6) is 1.77. The molecule has 9 heteroatoms. The minimum absolute atomic E-state index is 0.216. The van der Waals surface area contributed by atoms with Crippen molar-refractivity contribution in [2.45, 2.75) is 90.8 Å². The van der Waals surface area contributed by atoms with Crippen molar-refractivity contribution < 1.29 is 23.6 Å². The first-order valence-corrected chi connectivity index (χ1v) is 15.3. The monoisotopic (exact) mass is 581 g/mol. The van der Waals surface area contributed by atoms with Crippen LogP contribution in [0.25, 0.3) is 32.9 Å². The van der Waals surface area contributed by atoms with Gasteiger partial charge in [0.25, 0.3) is 0 Å². The van der Waals surface area contributed by atoms with Crippen LogP contribution in [0.4, 0.5) is 0 Å². The highest BCUT2D eigenvalue weighted by Crippen LogP contribution is 2.46. The molecule has 2 N–H and O–H groups in total. The van der Waals surface area contributed by atoms with Gasteiger partial charge in [-0.25, -0.2) is 9.78 Å². The Morgan fingerprint density at radius 2 is 1.77 bits per heavy atom. The van der Waals surface area contributed by atoms with Gasteiger partial charge in [0, 0.05) is 16.5 Å². The van der Waals surface area contributed by atoms with Crippen LogP contribution < -0.4 is 15.5 Å². The first-order valence-electron chi connectivity index (χ1n) is 15.3. The molecular formula is C34H40BN3O5. The van der Waals surface area contributed by atoms with E-state index >= 15 is 0 Å². The molecule has 3 aromatic carbocycles. The summed E-state index contributed by atoms with van der Waals surface area (Å²) in [6.45, 7) is 17.0. The molecule has 2 saturated heterocycles. The normalized spacial score (nSPS) is 24.2. The minimum Gasteiger partial charge on any atom is -0.473 e. The lowest BCUT2D eigenvalue weighted by Gasteiger charge is -2.32. The first kappa shape index (κ1) is 28.4. The summed E-state index contributed by atoms with van der Waals surface area (Å²) in [4.78, 5) is 22.2. The highest BCUT2D eigenvalue weighted by Gasteiger charge is 2.52. The van der Waals surface area contributed by atoms with E-state index in [1.807, 2.05) is 72.7 Å². The quantitative estimate of drug-likeness (QED) is 0.222. The third-order valence-electron chi connectivity index (χ3n) is 9.31. The topological polar surface area (TPSA) is 94.7 Å². The van der Waals surface area contributed by atoms with E-state index in [-0.39, 0.29) is 6.04 Å². The van der Waals surface area contributed by atoms with Crippen molar-refractivity contribution in [3.8, 4) is 16.9 Å². The molecule has 0 saturated carbocycles. The van der Waals surface area contributed by atoms with Crippen LogP contribution >= 0.6 is 0 Å². The number of aromatic amines is 1. The van der Waals surface area contributed by atoms with E-state index in [1.165, 1.54) is 0 Å². The predicted molar refractivity (Wildman–Crippen MR) is 168 cm³/mol. The molecule has 2 fully saturated rings. The van der Waals surface area contributed by atoms with Crippen molar-refractivity contribution in [1.29, 1.82) is 0 Å². The van der Waals surface area contributed by atoms with Gasteiger partial charge in [-0.15, -0.1) is 0 Å². The van der Waals surface area contributed by atoms with E-state index < -0.39 is 36.0 Å². The molecule has 224 valence electrons. The van der Waals surface area contributed by atoms with Gasteiger partial charge in [-0.05, 0) is 102 Å². The average Bonchev–Trinajstić information content (AvgIpc) is 3.61. The van der Waals surface area contributed by atoms with Gasteiger partial charge >= 0.3 is 13.1 Å². The van der Waals surface area contributed by atoms with Crippen LogP contribution in [0.1, 0.15) is 85.3 Å². The second kappa shape index (κ2) is 9.55. The lowest BCUT2D eigenvalue weighted by atomic mass is 9.76. The van der Waals surface area contributed by atoms with Gasteiger partial charge in [-0.3, -0.25) is 0 Å². The first-order chi connectivity index (χ1) is 20.2. The Hall–Kier alpha value is -3.40. The third kappa shape index (κ3) is 4.82. The number of carbonyl (C=O) groups excluding carboxylic acids is 1. The lowest BCUT2D eigenvalue weighted by molar-refractivity contribution is -0.163. The summed E-state index contributed by atoms with van der Waals surface area (Å²) in [6.07, 6.45) is 0.112. The number of fused-ring (bicyclic) bond motifs is 6. The molecule has 3 atom stereocenters. The molecule has 0 aliphatic carbocycles. The van der Waals surface area contributed by atoms with Gasteiger partial charge in [0.15, 0.2) is 0 Å². The summed E-state index contributed by atoms with van der Waals surface area (Å²) < 4.78 is 25.1. The molecule has 4 heterocycles. The Labute approximate surface area is 253 Å². The maximum absolute atomic E-state index is 13.6. The Morgan fingerprint density at radius 3 is 2.44 bits per heavy atom. The van der Waals surface area contributed by atoms with Gasteiger partial charge in [0.1, 0.15) is 17.2 Å². The lowest BCUT2D eigenvalue weighted by Crippen LogP contribution is -2.41. The molecule has 1 aromatic heterocycles. The zero-order chi connectivity index (χ0) is 30.5. The smallest absolute Gasteiger partial charge is 0.473 e. The van der Waals surface area contributed by atoms with Crippen LogP contribution in [-0.4, -0.2) is 46.4 Å². The molecule has 43 heavy (non-hydrogen) atoms. The van der Waals surface area contributed by atoms with Gasteiger partial charge < -0.3 is 29.1 Å². The molecule has 7 rings (SSSR count). The number of benzene rings is 3. The largest absolute Gasteiger partial charge is 0.494 e. The third-order valence-corrected chi connectivity index (χ3v) is 9.31. The molecule has 0 radical (unpaired) electrons. The fraction of sp³-hybridized carbons (Fsp3) is 0.471. The van der Waals surface area contributed by atoms with Crippen LogP contribution in [0.2, 0.25) is 0 Å². The summed E-state index contributed by atoms with van der Waals surface area (Å²) in [5, 5.41) is 5.64. The molecule has 1 unspecified atom stereocenters. The van der Waals surface area contributed by atoms with Crippen LogP contribution in [0.3, 0.4) is 0 Å². The number of esters is 1. The number of ether oxygens (including phenoxy) is 2. The van der Waals surface area contributed by atoms with E-state index in [1.54, 1.807) is 0 Å². The fourth-order valence-electron chi connectivity index (χ4n) is 6.34. The van der Waals surface area contributed by atoms with Gasteiger partial charge in [0.2, 0.25) is 6.10 Å². The molecular weight excluding hydrogens is 541 g/mol. The van der Waals surface area contributed by atoms with Crippen molar-refractivity contribution in [2.24, 2.45) is 5.92 Å². The fourth-order valence-corrected chi connectivity index (χ4v) is 6.34. The van der Waals surface area contributed by atoms with Crippen molar-refractivity contribution >= 4 is 40.4 Å². The summed E-state index contributed by atoms with van der Waals surface area (Å²) in [6, 6.07) is 14.6. The zero-order valence-corrected chi connectivity index (χ0v) is 26.3. The molecule has 0 spiro atoms. The van der Waals surface area contributed by atoms with Crippen molar-refractivity contribution in [3.63, 3.8) is 0 Å². The Bertz CT molecular complexity index is 1760. The van der Waals surface area contributed by atoms with Crippen LogP contribution in [0.15, 0.2) is 42.5 Å². The van der Waals surface area contributed by atoms with E-state index in [0.717, 1.165) is 62.7 Å². The number of rotatable bonds is 3. The molecule has 4 aromatic rings. The van der Waals surface area contributed by atoms with Crippen LogP contribution in [0, 0.1) is 5.92 Å². The van der Waals surface area contributed by atoms with E-state index in [2.05, 4.69) is 35.4 Å². The predicted octanol–water partition coefficient (Wildman–Crippen LogP) is 6.13. The van der Waals surface area contributed by atoms with Gasteiger partial charge in [-0.2, -0.15) is 0 Å². The van der Waals surface area contributed by atoms with Crippen LogP contribution in [0.5, 0.6) is 5.75 Å². The molecule has 0 bridgehead atoms.